The van der Waals surface area contributed by atoms with Crippen molar-refractivity contribution in [2.75, 3.05) is 20.3 Å². The zero-order valence-electron chi connectivity index (χ0n) is 13.5. The number of methoxy groups -OCH3 is 1. The molecule has 0 atom stereocenters. The van der Waals surface area contributed by atoms with E-state index in [4.69, 9.17) is 18.9 Å². The number of ether oxygens (including phenoxy) is 4. The van der Waals surface area contributed by atoms with E-state index < -0.39 is 11.8 Å². The van der Waals surface area contributed by atoms with E-state index in [0.717, 1.165) is 10.0 Å². The molecule has 0 radical (unpaired) electrons. The van der Waals surface area contributed by atoms with E-state index in [0.29, 0.717) is 30.3 Å². The van der Waals surface area contributed by atoms with Crippen molar-refractivity contribution in [3.8, 4) is 17.2 Å². The number of hydrogen-bond acceptors (Lipinski definition) is 5. The summed E-state index contributed by atoms with van der Waals surface area (Å²) in [5, 5.41) is 0. The van der Waals surface area contributed by atoms with Crippen molar-refractivity contribution < 1.29 is 28.1 Å². The van der Waals surface area contributed by atoms with Crippen molar-refractivity contribution in [2.24, 2.45) is 0 Å². The molecule has 132 valence electrons. The van der Waals surface area contributed by atoms with Crippen molar-refractivity contribution >= 4 is 21.9 Å². The highest BCUT2D eigenvalue weighted by Gasteiger charge is 2.16. The molecule has 5 nitrogen and oxygen atoms in total. The zero-order chi connectivity index (χ0) is 17.8. The van der Waals surface area contributed by atoms with Gasteiger partial charge in [-0.15, -0.1) is 0 Å². The summed E-state index contributed by atoms with van der Waals surface area (Å²) in [6.45, 7) is 1.07. The molecule has 0 N–H and O–H groups in total. The van der Waals surface area contributed by atoms with Crippen LogP contribution in [0.5, 0.6) is 17.2 Å². The molecule has 0 bridgehead atoms. The standard InChI is InChI=1S/C18H16BrFO5/c1-22-15-3-2-11(6-14(15)20)7-18(21)25-10-12-8-16-17(9-13(12)19)24-5-4-23-16/h2-3,6,8-9H,4-5,7,10H2,1H3. The first-order chi connectivity index (χ1) is 12.1. The van der Waals surface area contributed by atoms with Crippen LogP contribution < -0.4 is 14.2 Å². The first-order valence-corrected chi connectivity index (χ1v) is 8.42. The third kappa shape index (κ3) is 4.22. The molecule has 0 spiro atoms. The first-order valence-electron chi connectivity index (χ1n) is 7.63. The zero-order valence-corrected chi connectivity index (χ0v) is 15.1. The molecule has 1 aliphatic heterocycles. The summed E-state index contributed by atoms with van der Waals surface area (Å²) in [7, 11) is 1.39. The molecule has 1 heterocycles. The minimum Gasteiger partial charge on any atom is -0.494 e. The Morgan fingerprint density at radius 2 is 1.92 bits per heavy atom. The minimum atomic E-state index is -0.512. The van der Waals surface area contributed by atoms with E-state index in [2.05, 4.69) is 15.9 Å². The van der Waals surface area contributed by atoms with Crippen LogP contribution in [-0.4, -0.2) is 26.3 Å². The molecule has 0 aliphatic carbocycles. The molecule has 0 fully saturated rings. The van der Waals surface area contributed by atoms with Gasteiger partial charge in [-0.3, -0.25) is 4.79 Å². The second-order valence-electron chi connectivity index (χ2n) is 5.39. The topological polar surface area (TPSA) is 54.0 Å². The molecule has 0 saturated carbocycles. The second kappa shape index (κ2) is 7.74. The Balaban J connectivity index is 1.61. The fourth-order valence-electron chi connectivity index (χ4n) is 2.41. The molecule has 0 saturated heterocycles. The van der Waals surface area contributed by atoms with Gasteiger partial charge in [-0.2, -0.15) is 0 Å². The van der Waals surface area contributed by atoms with Gasteiger partial charge in [-0.25, -0.2) is 4.39 Å². The van der Waals surface area contributed by atoms with Crippen LogP contribution in [0.15, 0.2) is 34.8 Å². The molecule has 25 heavy (non-hydrogen) atoms. The average Bonchev–Trinajstić information content (AvgIpc) is 2.60. The molecule has 2 aromatic rings. The summed E-state index contributed by atoms with van der Waals surface area (Å²) in [6.07, 6.45) is -0.0247. The summed E-state index contributed by atoms with van der Waals surface area (Å²) in [4.78, 5) is 12.0. The number of benzene rings is 2. The summed E-state index contributed by atoms with van der Waals surface area (Å²) in [5.74, 6) is 0.450. The first kappa shape index (κ1) is 17.5. The van der Waals surface area contributed by atoms with Crippen LogP contribution in [0.4, 0.5) is 4.39 Å². The van der Waals surface area contributed by atoms with Crippen LogP contribution in [0.3, 0.4) is 0 Å². The number of carbonyl (C=O) groups is 1. The summed E-state index contributed by atoms with van der Waals surface area (Å²) >= 11 is 3.43. The van der Waals surface area contributed by atoms with E-state index in [1.54, 1.807) is 18.2 Å². The van der Waals surface area contributed by atoms with Crippen molar-refractivity contribution in [1.29, 1.82) is 0 Å². The van der Waals surface area contributed by atoms with Crippen LogP contribution in [-0.2, 0) is 22.6 Å². The Hall–Kier alpha value is -2.28. The highest BCUT2D eigenvalue weighted by molar-refractivity contribution is 9.10. The fourth-order valence-corrected chi connectivity index (χ4v) is 2.85. The maximum Gasteiger partial charge on any atom is 0.310 e. The Morgan fingerprint density at radius 3 is 2.60 bits per heavy atom. The van der Waals surface area contributed by atoms with E-state index in [-0.39, 0.29) is 18.8 Å². The van der Waals surface area contributed by atoms with Crippen LogP contribution in [0, 0.1) is 5.82 Å². The molecule has 0 aromatic heterocycles. The number of esters is 1. The lowest BCUT2D eigenvalue weighted by Gasteiger charge is -2.19. The minimum absolute atomic E-state index is 0.0247. The van der Waals surface area contributed by atoms with Gasteiger partial charge in [0.2, 0.25) is 0 Å². The van der Waals surface area contributed by atoms with Crippen LogP contribution in [0.25, 0.3) is 0 Å². The predicted molar refractivity (Wildman–Crippen MR) is 91.6 cm³/mol. The summed E-state index contributed by atoms with van der Waals surface area (Å²) in [6, 6.07) is 7.94. The van der Waals surface area contributed by atoms with E-state index in [1.807, 2.05) is 0 Å². The fraction of sp³-hybridized carbons (Fsp3) is 0.278. The maximum absolute atomic E-state index is 13.7. The molecule has 1 aliphatic rings. The third-order valence-electron chi connectivity index (χ3n) is 3.66. The highest BCUT2D eigenvalue weighted by Crippen LogP contribution is 2.35. The van der Waals surface area contributed by atoms with Crippen molar-refractivity contribution in [1.82, 2.24) is 0 Å². The van der Waals surface area contributed by atoms with Crippen LogP contribution in [0.1, 0.15) is 11.1 Å². The average molecular weight is 411 g/mol. The van der Waals surface area contributed by atoms with E-state index in [1.165, 1.54) is 19.2 Å². The highest BCUT2D eigenvalue weighted by atomic mass is 79.9. The largest absolute Gasteiger partial charge is 0.494 e. The van der Waals surface area contributed by atoms with Gasteiger partial charge in [0.25, 0.3) is 0 Å². The smallest absolute Gasteiger partial charge is 0.310 e. The number of carbonyl (C=O) groups excluding carboxylic acids is 1. The summed E-state index contributed by atoms with van der Waals surface area (Å²) in [5.41, 5.74) is 1.28. The normalized spacial score (nSPS) is 12.6. The molecule has 3 rings (SSSR count). The lowest BCUT2D eigenvalue weighted by molar-refractivity contribution is -0.144. The number of hydrogen-bond donors (Lipinski definition) is 0. The van der Waals surface area contributed by atoms with Gasteiger partial charge in [0.15, 0.2) is 23.1 Å². The predicted octanol–water partition coefficient (Wildman–Crippen LogP) is 3.65. The third-order valence-corrected chi connectivity index (χ3v) is 4.40. The molecule has 0 amide bonds. The number of fused-ring (bicyclic) bond motifs is 1. The Kier molecular flexibility index (Phi) is 5.43. The number of rotatable bonds is 5. The van der Waals surface area contributed by atoms with Gasteiger partial charge in [0.05, 0.1) is 13.5 Å². The summed E-state index contributed by atoms with van der Waals surface area (Å²) < 4.78 is 35.6. The lowest BCUT2D eigenvalue weighted by Crippen LogP contribution is -2.16. The van der Waals surface area contributed by atoms with E-state index >= 15 is 0 Å². The SMILES string of the molecule is COc1ccc(CC(=O)OCc2cc3c(cc2Br)OCCO3)cc1F. The Morgan fingerprint density at radius 1 is 1.20 bits per heavy atom. The van der Waals surface area contributed by atoms with Gasteiger partial charge in [-0.05, 0) is 29.8 Å². The molecular formula is C18H16BrFO5. The Bertz CT molecular complexity index is 793. The van der Waals surface area contributed by atoms with Crippen molar-refractivity contribution in [3.63, 3.8) is 0 Å². The Labute approximate surface area is 152 Å². The molecular weight excluding hydrogens is 395 g/mol. The maximum atomic E-state index is 13.7. The van der Waals surface area contributed by atoms with Crippen LogP contribution >= 0.6 is 15.9 Å². The van der Waals surface area contributed by atoms with E-state index in [9.17, 15) is 9.18 Å². The van der Waals surface area contributed by atoms with Gasteiger partial charge in [-0.1, -0.05) is 22.0 Å². The van der Waals surface area contributed by atoms with Gasteiger partial charge in [0, 0.05) is 10.0 Å². The number of halogens is 2. The second-order valence-corrected chi connectivity index (χ2v) is 6.25. The van der Waals surface area contributed by atoms with Gasteiger partial charge < -0.3 is 18.9 Å². The van der Waals surface area contributed by atoms with Crippen molar-refractivity contribution in [3.05, 3.63) is 51.7 Å². The quantitative estimate of drug-likeness (QED) is 0.704. The van der Waals surface area contributed by atoms with Crippen LogP contribution in [0.2, 0.25) is 0 Å². The van der Waals surface area contributed by atoms with Gasteiger partial charge >= 0.3 is 5.97 Å². The molecule has 2 aromatic carbocycles. The monoisotopic (exact) mass is 410 g/mol. The molecule has 0 unspecified atom stereocenters. The van der Waals surface area contributed by atoms with Crippen molar-refractivity contribution in [2.45, 2.75) is 13.0 Å². The van der Waals surface area contributed by atoms with Gasteiger partial charge in [0.1, 0.15) is 19.8 Å². The lowest BCUT2D eigenvalue weighted by atomic mass is 10.1. The molecule has 7 heteroatoms.